The van der Waals surface area contributed by atoms with Crippen LogP contribution in [0, 0.1) is 0 Å². The molecule has 3 rings (SSSR count). The molecule has 0 saturated carbocycles. The third kappa shape index (κ3) is 4.32. The normalized spacial score (nSPS) is 22.9. The number of carbonyl (C=O) groups excluding carboxylic acids is 1. The van der Waals surface area contributed by atoms with Crippen LogP contribution >= 0.6 is 0 Å². The van der Waals surface area contributed by atoms with E-state index in [1.807, 2.05) is 30.3 Å². The van der Waals surface area contributed by atoms with Crippen LogP contribution in [0.25, 0.3) is 0 Å². The molecule has 0 bridgehead atoms. The molecule has 0 spiro atoms. The topological polar surface area (TPSA) is 79.0 Å². The van der Waals surface area contributed by atoms with Crippen LogP contribution in [0.15, 0.2) is 30.3 Å². The fourth-order valence-corrected chi connectivity index (χ4v) is 4.41. The summed E-state index contributed by atoms with van der Waals surface area (Å²) in [6.07, 6.45) is 0.994. The van der Waals surface area contributed by atoms with Gasteiger partial charge in [0.05, 0.1) is 13.2 Å². The van der Waals surface area contributed by atoms with Crippen LogP contribution < -0.4 is 4.72 Å². The van der Waals surface area contributed by atoms with Gasteiger partial charge in [-0.2, -0.15) is 17.4 Å². The van der Waals surface area contributed by atoms with E-state index >= 15 is 0 Å². The Morgan fingerprint density at radius 2 is 1.88 bits per heavy atom. The van der Waals surface area contributed by atoms with Gasteiger partial charge in [-0.3, -0.25) is 4.79 Å². The molecule has 0 aliphatic carbocycles. The summed E-state index contributed by atoms with van der Waals surface area (Å²) in [7, 11) is -3.56. The van der Waals surface area contributed by atoms with E-state index in [4.69, 9.17) is 4.74 Å². The van der Waals surface area contributed by atoms with Crippen molar-refractivity contribution in [2.45, 2.75) is 18.9 Å². The van der Waals surface area contributed by atoms with E-state index in [0.29, 0.717) is 39.4 Å². The summed E-state index contributed by atoms with van der Waals surface area (Å²) in [5.41, 5.74) is 1.17. The zero-order chi connectivity index (χ0) is 17.0. The molecule has 1 aromatic carbocycles. The summed E-state index contributed by atoms with van der Waals surface area (Å²) in [4.78, 5) is 13.9. The Hall–Kier alpha value is -1.48. The van der Waals surface area contributed by atoms with Gasteiger partial charge >= 0.3 is 0 Å². The summed E-state index contributed by atoms with van der Waals surface area (Å²) < 4.78 is 34.0. The van der Waals surface area contributed by atoms with Crippen LogP contribution in [0.5, 0.6) is 0 Å². The third-order valence-electron chi connectivity index (χ3n) is 4.35. The Labute approximate surface area is 142 Å². The molecule has 1 aromatic rings. The predicted molar refractivity (Wildman–Crippen MR) is 89.6 cm³/mol. The summed E-state index contributed by atoms with van der Waals surface area (Å²) in [6, 6.07) is 9.60. The van der Waals surface area contributed by atoms with Crippen LogP contribution in [-0.4, -0.2) is 69.0 Å². The largest absolute Gasteiger partial charge is 0.379 e. The number of nitrogens with zero attached hydrogens (tertiary/aromatic N) is 2. The number of carbonyl (C=O) groups is 1. The van der Waals surface area contributed by atoms with Gasteiger partial charge in [-0.05, 0) is 12.0 Å². The first-order valence-electron chi connectivity index (χ1n) is 8.21. The summed E-state index contributed by atoms with van der Waals surface area (Å²) in [5.74, 6) is 0.000564. The highest BCUT2D eigenvalue weighted by molar-refractivity contribution is 7.87. The van der Waals surface area contributed by atoms with Crippen molar-refractivity contribution in [1.82, 2.24) is 13.9 Å². The fourth-order valence-electron chi connectivity index (χ4n) is 3.05. The van der Waals surface area contributed by atoms with E-state index in [2.05, 4.69) is 4.72 Å². The van der Waals surface area contributed by atoms with Crippen LogP contribution in [0.3, 0.4) is 0 Å². The van der Waals surface area contributed by atoms with Crippen molar-refractivity contribution in [2.24, 2.45) is 0 Å². The number of hydrogen-bond donors (Lipinski definition) is 1. The number of amides is 1. The van der Waals surface area contributed by atoms with E-state index in [1.54, 1.807) is 4.90 Å². The minimum absolute atomic E-state index is 0.000564. The molecule has 1 amide bonds. The highest BCUT2D eigenvalue weighted by atomic mass is 32.2. The molecule has 132 valence electrons. The van der Waals surface area contributed by atoms with Gasteiger partial charge in [0.15, 0.2) is 0 Å². The first-order valence-corrected chi connectivity index (χ1v) is 9.65. The standard InChI is InChI=1S/C16H23N3O4S/c20-16-12-15(17-24(21,22)19-8-10-23-11-9-19)13-18(16)7-6-14-4-2-1-3-5-14/h1-5,15,17H,6-13H2/t15-/m1/s1. The molecule has 1 N–H and O–H groups in total. The SMILES string of the molecule is O=C1C[C@@H](NS(=O)(=O)N2CCOCC2)CN1CCc1ccccc1. The van der Waals surface area contributed by atoms with Gasteiger partial charge in [0.2, 0.25) is 5.91 Å². The Morgan fingerprint density at radius 1 is 1.17 bits per heavy atom. The van der Waals surface area contributed by atoms with Gasteiger partial charge in [-0.1, -0.05) is 30.3 Å². The Balaban J connectivity index is 1.52. The van der Waals surface area contributed by atoms with E-state index in [-0.39, 0.29) is 18.4 Å². The lowest BCUT2D eigenvalue weighted by molar-refractivity contribution is -0.127. The first kappa shape index (κ1) is 17.3. The van der Waals surface area contributed by atoms with Gasteiger partial charge in [-0.25, -0.2) is 0 Å². The summed E-state index contributed by atoms with van der Waals surface area (Å²) >= 11 is 0. The van der Waals surface area contributed by atoms with Gasteiger partial charge < -0.3 is 9.64 Å². The summed E-state index contributed by atoms with van der Waals surface area (Å²) in [5, 5.41) is 0. The average Bonchev–Trinajstić information content (AvgIpc) is 2.93. The smallest absolute Gasteiger partial charge is 0.279 e. The van der Waals surface area contributed by atoms with E-state index in [9.17, 15) is 13.2 Å². The molecular weight excluding hydrogens is 330 g/mol. The second-order valence-electron chi connectivity index (χ2n) is 6.11. The van der Waals surface area contributed by atoms with Crippen molar-refractivity contribution >= 4 is 16.1 Å². The monoisotopic (exact) mass is 353 g/mol. The first-order chi connectivity index (χ1) is 11.5. The Bertz CT molecular complexity index is 659. The Morgan fingerprint density at radius 3 is 2.58 bits per heavy atom. The zero-order valence-corrected chi connectivity index (χ0v) is 14.4. The number of nitrogens with one attached hydrogen (secondary N) is 1. The second kappa shape index (κ2) is 7.60. The highest BCUT2D eigenvalue weighted by Crippen LogP contribution is 2.14. The molecule has 2 saturated heterocycles. The molecule has 2 fully saturated rings. The molecule has 24 heavy (non-hydrogen) atoms. The van der Waals surface area contributed by atoms with E-state index < -0.39 is 10.2 Å². The van der Waals surface area contributed by atoms with Crippen molar-refractivity contribution in [3.63, 3.8) is 0 Å². The van der Waals surface area contributed by atoms with E-state index in [1.165, 1.54) is 9.87 Å². The number of ether oxygens (including phenoxy) is 1. The lowest BCUT2D eigenvalue weighted by Gasteiger charge is -2.27. The number of rotatable bonds is 6. The summed E-state index contributed by atoms with van der Waals surface area (Å²) in [6.45, 7) is 2.57. The van der Waals surface area contributed by atoms with Crippen molar-refractivity contribution in [3.05, 3.63) is 35.9 Å². The number of morpholine rings is 1. The molecule has 0 aromatic heterocycles. The number of benzene rings is 1. The van der Waals surface area contributed by atoms with Gasteiger partial charge in [0.25, 0.3) is 10.2 Å². The maximum absolute atomic E-state index is 12.4. The molecule has 2 aliphatic rings. The van der Waals surface area contributed by atoms with Crippen molar-refractivity contribution in [1.29, 1.82) is 0 Å². The minimum Gasteiger partial charge on any atom is -0.379 e. The number of hydrogen-bond acceptors (Lipinski definition) is 4. The lowest BCUT2D eigenvalue weighted by atomic mass is 10.1. The molecule has 0 radical (unpaired) electrons. The quantitative estimate of drug-likeness (QED) is 0.781. The third-order valence-corrected chi connectivity index (χ3v) is 6.03. The van der Waals surface area contributed by atoms with Gasteiger partial charge in [0, 0.05) is 38.6 Å². The molecule has 8 heteroatoms. The second-order valence-corrected chi connectivity index (χ2v) is 7.81. The molecule has 7 nitrogen and oxygen atoms in total. The van der Waals surface area contributed by atoms with Crippen molar-refractivity contribution < 1.29 is 17.9 Å². The fraction of sp³-hybridized carbons (Fsp3) is 0.562. The van der Waals surface area contributed by atoms with Crippen LogP contribution in [0.1, 0.15) is 12.0 Å². The zero-order valence-electron chi connectivity index (χ0n) is 13.6. The molecular formula is C16H23N3O4S. The van der Waals surface area contributed by atoms with Crippen molar-refractivity contribution in [2.75, 3.05) is 39.4 Å². The van der Waals surface area contributed by atoms with Gasteiger partial charge in [0.1, 0.15) is 0 Å². The van der Waals surface area contributed by atoms with Crippen LogP contribution in [0.4, 0.5) is 0 Å². The highest BCUT2D eigenvalue weighted by Gasteiger charge is 2.34. The van der Waals surface area contributed by atoms with Crippen LogP contribution in [0.2, 0.25) is 0 Å². The van der Waals surface area contributed by atoms with Crippen molar-refractivity contribution in [3.8, 4) is 0 Å². The lowest BCUT2D eigenvalue weighted by Crippen LogP contribution is -2.50. The molecule has 2 heterocycles. The predicted octanol–water partition coefficient (Wildman–Crippen LogP) is -0.00340. The maximum atomic E-state index is 12.4. The number of likely N-dealkylation sites (tertiary alicyclic amines) is 1. The molecule has 2 aliphatic heterocycles. The minimum atomic E-state index is -3.56. The Kier molecular flexibility index (Phi) is 5.50. The van der Waals surface area contributed by atoms with Crippen LogP contribution in [-0.2, 0) is 26.2 Å². The van der Waals surface area contributed by atoms with E-state index in [0.717, 1.165) is 6.42 Å². The molecule has 1 atom stereocenters. The van der Waals surface area contributed by atoms with Gasteiger partial charge in [-0.15, -0.1) is 0 Å². The maximum Gasteiger partial charge on any atom is 0.279 e. The average molecular weight is 353 g/mol. The molecule has 0 unspecified atom stereocenters.